The zero-order valence-electron chi connectivity index (χ0n) is 23.3. The Morgan fingerprint density at radius 1 is 1.20 bits per heavy atom. The Balaban J connectivity index is 1.59. The summed E-state index contributed by atoms with van der Waals surface area (Å²) < 4.78 is 7.58. The molecule has 3 N–H and O–H groups in total. The van der Waals surface area contributed by atoms with E-state index in [0.717, 1.165) is 59.3 Å². The van der Waals surface area contributed by atoms with E-state index in [1.165, 1.54) is 6.08 Å². The first kappa shape index (κ1) is 27.7. The van der Waals surface area contributed by atoms with Gasteiger partial charge < -0.3 is 20.2 Å². The van der Waals surface area contributed by atoms with Gasteiger partial charge in [0.25, 0.3) is 0 Å². The maximum absolute atomic E-state index is 12.6. The fourth-order valence-corrected chi connectivity index (χ4v) is 5.65. The van der Waals surface area contributed by atoms with Crippen LogP contribution in [0.5, 0.6) is 0 Å². The first-order valence-electron chi connectivity index (χ1n) is 13.6. The Bertz CT molecular complexity index is 1550. The van der Waals surface area contributed by atoms with Gasteiger partial charge in [-0.05, 0) is 70.6 Å². The summed E-state index contributed by atoms with van der Waals surface area (Å²) in [6.45, 7) is 7.50. The summed E-state index contributed by atoms with van der Waals surface area (Å²) in [6, 6.07) is 8.27. The molecule has 0 radical (unpaired) electrons. The van der Waals surface area contributed by atoms with Gasteiger partial charge in [-0.1, -0.05) is 60.2 Å². The molecule has 1 fully saturated rings. The number of carbonyl (C=O) groups is 2. The van der Waals surface area contributed by atoms with Crippen LogP contribution in [0.3, 0.4) is 0 Å². The molecule has 208 valence electrons. The molecule has 0 spiro atoms. The monoisotopic (exact) mass is 558 g/mol. The van der Waals surface area contributed by atoms with Gasteiger partial charge >= 0.3 is 6.09 Å². The SMILES string of the molecule is Cc1c(Cl)cn2c(C3C=CC=CC3)c(-c3ccc(C4(NC(=O)OC(C)(C)C)CCC4)cc3)nc2c1/C=C/C(N)=O. The predicted molar refractivity (Wildman–Crippen MR) is 159 cm³/mol. The lowest BCUT2D eigenvalue weighted by atomic mass is 9.71. The molecule has 2 aliphatic rings. The molecule has 40 heavy (non-hydrogen) atoms. The topological polar surface area (TPSA) is 98.7 Å². The van der Waals surface area contributed by atoms with Crippen molar-refractivity contribution in [3.05, 3.63) is 88.2 Å². The van der Waals surface area contributed by atoms with Gasteiger partial charge in [-0.2, -0.15) is 0 Å². The molecule has 1 atom stereocenters. The molecule has 2 amide bonds. The van der Waals surface area contributed by atoms with Gasteiger partial charge in [0.2, 0.25) is 5.91 Å². The van der Waals surface area contributed by atoms with Crippen molar-refractivity contribution in [2.24, 2.45) is 5.73 Å². The summed E-state index contributed by atoms with van der Waals surface area (Å²) in [5, 5.41) is 3.71. The van der Waals surface area contributed by atoms with E-state index >= 15 is 0 Å². The van der Waals surface area contributed by atoms with Crippen molar-refractivity contribution in [1.29, 1.82) is 0 Å². The van der Waals surface area contributed by atoms with Crippen LogP contribution in [-0.2, 0) is 15.1 Å². The first-order chi connectivity index (χ1) is 19.0. The summed E-state index contributed by atoms with van der Waals surface area (Å²) in [5.74, 6) is -0.446. The number of carbonyl (C=O) groups excluding carboxylic acids is 2. The minimum absolute atomic E-state index is 0.0910. The predicted octanol–water partition coefficient (Wildman–Crippen LogP) is 6.97. The number of nitrogens with zero attached hydrogens (tertiary/aromatic N) is 2. The number of alkyl carbamates (subject to hydrolysis) is 1. The smallest absolute Gasteiger partial charge is 0.408 e. The maximum Gasteiger partial charge on any atom is 0.408 e. The van der Waals surface area contributed by atoms with Gasteiger partial charge in [0.1, 0.15) is 11.2 Å². The molecule has 8 heteroatoms. The normalized spacial score (nSPS) is 18.2. The van der Waals surface area contributed by atoms with E-state index < -0.39 is 23.1 Å². The fourth-order valence-electron chi connectivity index (χ4n) is 5.45. The largest absolute Gasteiger partial charge is 0.444 e. The molecular weight excluding hydrogens is 524 g/mol. The van der Waals surface area contributed by atoms with Crippen LogP contribution < -0.4 is 11.1 Å². The van der Waals surface area contributed by atoms with Crippen molar-refractivity contribution in [2.75, 3.05) is 0 Å². The maximum atomic E-state index is 12.6. The minimum Gasteiger partial charge on any atom is -0.444 e. The third-order valence-corrected chi connectivity index (χ3v) is 7.98. The van der Waals surface area contributed by atoms with Gasteiger partial charge in [0, 0.05) is 29.3 Å². The number of rotatable bonds is 6. The number of primary amides is 1. The van der Waals surface area contributed by atoms with Crippen molar-refractivity contribution in [2.45, 2.75) is 70.4 Å². The van der Waals surface area contributed by atoms with Crippen molar-refractivity contribution in [3.63, 3.8) is 0 Å². The van der Waals surface area contributed by atoms with Crippen molar-refractivity contribution in [3.8, 4) is 11.3 Å². The Labute approximate surface area is 239 Å². The lowest BCUT2D eigenvalue weighted by molar-refractivity contribution is -0.113. The Hall–Kier alpha value is -3.84. The second-order valence-corrected chi connectivity index (χ2v) is 12.0. The highest BCUT2D eigenvalue weighted by Gasteiger charge is 2.41. The summed E-state index contributed by atoms with van der Waals surface area (Å²) in [7, 11) is 0. The van der Waals surface area contributed by atoms with Crippen molar-refractivity contribution >= 4 is 35.3 Å². The van der Waals surface area contributed by atoms with Crippen LogP contribution in [-0.4, -0.2) is 27.0 Å². The summed E-state index contributed by atoms with van der Waals surface area (Å²) in [6.07, 6.45) is 16.5. The second kappa shape index (κ2) is 10.6. The molecule has 1 unspecified atom stereocenters. The minimum atomic E-state index is -0.562. The van der Waals surface area contributed by atoms with E-state index in [4.69, 9.17) is 27.1 Å². The van der Waals surface area contributed by atoms with Gasteiger partial charge in [-0.15, -0.1) is 0 Å². The number of allylic oxidation sites excluding steroid dienone is 4. The van der Waals surface area contributed by atoms with Gasteiger partial charge in [-0.25, -0.2) is 9.78 Å². The first-order valence-corrected chi connectivity index (χ1v) is 14.0. The number of benzene rings is 1. The van der Waals surface area contributed by atoms with Crippen molar-refractivity contribution < 1.29 is 14.3 Å². The number of ether oxygens (including phenoxy) is 1. The van der Waals surface area contributed by atoms with E-state index in [0.29, 0.717) is 10.7 Å². The van der Waals surface area contributed by atoms with Crippen LogP contribution in [0.1, 0.15) is 74.8 Å². The summed E-state index contributed by atoms with van der Waals surface area (Å²) >= 11 is 6.67. The highest BCUT2D eigenvalue weighted by atomic mass is 35.5. The third-order valence-electron chi connectivity index (χ3n) is 7.60. The van der Waals surface area contributed by atoms with Crippen molar-refractivity contribution in [1.82, 2.24) is 14.7 Å². The van der Waals surface area contributed by atoms with Gasteiger partial charge in [0.05, 0.1) is 21.9 Å². The number of hydrogen-bond donors (Lipinski definition) is 2. The molecular formula is C32H35ClN4O3. The standard InChI is InChI=1S/C32H35ClN4O3/c1-20-24(15-16-26(34)38)29-35-27(28(37(29)19-25(20)33)22-9-6-5-7-10-22)21-11-13-23(14-12-21)32(17-8-18-32)36-30(39)40-31(2,3)4/h5-7,9,11-16,19,22H,8,10,17-18H2,1-4H3,(H2,34,38)(H,36,39)/b16-15+. The highest BCUT2D eigenvalue weighted by molar-refractivity contribution is 6.31. The lowest BCUT2D eigenvalue weighted by Crippen LogP contribution is -2.52. The average Bonchev–Trinajstić information content (AvgIpc) is 3.25. The number of nitrogens with two attached hydrogens (primary N) is 1. The fraction of sp³-hybridized carbons (Fsp3) is 0.344. The Morgan fingerprint density at radius 2 is 1.93 bits per heavy atom. The van der Waals surface area contributed by atoms with E-state index in [-0.39, 0.29) is 5.92 Å². The number of fused-ring (bicyclic) bond motifs is 1. The molecule has 1 aromatic carbocycles. The number of hydrogen-bond acceptors (Lipinski definition) is 4. The Morgan fingerprint density at radius 3 is 2.50 bits per heavy atom. The summed E-state index contributed by atoms with van der Waals surface area (Å²) in [5.41, 5.74) is 10.5. The number of imidazole rings is 1. The van der Waals surface area contributed by atoms with Crippen LogP contribution >= 0.6 is 11.6 Å². The molecule has 0 saturated heterocycles. The van der Waals surface area contributed by atoms with Crippen LogP contribution in [0.15, 0.2) is 60.8 Å². The zero-order valence-corrected chi connectivity index (χ0v) is 24.1. The number of aromatic nitrogens is 2. The van der Waals surface area contributed by atoms with E-state index in [9.17, 15) is 9.59 Å². The van der Waals surface area contributed by atoms with E-state index in [1.807, 2.05) is 50.4 Å². The molecule has 5 rings (SSSR count). The van der Waals surface area contributed by atoms with Crippen LogP contribution in [0.4, 0.5) is 4.79 Å². The molecule has 0 bridgehead atoms. The quantitative estimate of drug-likeness (QED) is 0.319. The van der Waals surface area contributed by atoms with E-state index in [2.05, 4.69) is 41.7 Å². The Kier molecular flexibility index (Phi) is 7.36. The highest BCUT2D eigenvalue weighted by Crippen LogP contribution is 2.43. The van der Waals surface area contributed by atoms with Gasteiger partial charge in [-0.3, -0.25) is 4.79 Å². The van der Waals surface area contributed by atoms with Crippen LogP contribution in [0, 0.1) is 6.92 Å². The third kappa shape index (κ3) is 5.43. The molecule has 1 saturated carbocycles. The lowest BCUT2D eigenvalue weighted by Gasteiger charge is -2.43. The zero-order chi connectivity index (χ0) is 28.7. The molecule has 2 aliphatic carbocycles. The molecule has 7 nitrogen and oxygen atoms in total. The molecule has 2 aromatic heterocycles. The molecule has 3 aromatic rings. The second-order valence-electron chi connectivity index (χ2n) is 11.6. The number of nitrogens with one attached hydrogen (secondary N) is 1. The molecule has 0 aliphatic heterocycles. The van der Waals surface area contributed by atoms with E-state index in [1.54, 1.807) is 6.08 Å². The number of pyridine rings is 1. The van der Waals surface area contributed by atoms with Crippen LogP contribution in [0.25, 0.3) is 23.0 Å². The molecule has 2 heterocycles. The number of amides is 2. The van der Waals surface area contributed by atoms with Crippen LogP contribution in [0.2, 0.25) is 5.02 Å². The average molecular weight is 559 g/mol. The summed E-state index contributed by atoms with van der Waals surface area (Å²) in [4.78, 5) is 29.3. The number of halogens is 1. The van der Waals surface area contributed by atoms with Gasteiger partial charge in [0.15, 0.2) is 0 Å².